The van der Waals surface area contributed by atoms with Crippen LogP contribution in [-0.4, -0.2) is 23.9 Å². The van der Waals surface area contributed by atoms with Gasteiger partial charge in [0, 0.05) is 32.0 Å². The Balaban J connectivity index is 2.15. The van der Waals surface area contributed by atoms with Gasteiger partial charge in [0.15, 0.2) is 0 Å². The zero-order valence-electron chi connectivity index (χ0n) is 12.4. The molecule has 0 bridgehead atoms. The summed E-state index contributed by atoms with van der Waals surface area (Å²) in [6.07, 6.45) is 0. The van der Waals surface area contributed by atoms with E-state index in [0.29, 0.717) is 6.54 Å². The van der Waals surface area contributed by atoms with Gasteiger partial charge in [0.1, 0.15) is 0 Å². The number of rotatable bonds is 5. The van der Waals surface area contributed by atoms with Crippen molar-refractivity contribution in [3.8, 4) is 0 Å². The van der Waals surface area contributed by atoms with Crippen molar-refractivity contribution in [1.29, 1.82) is 0 Å². The second-order valence-corrected chi connectivity index (χ2v) is 5.34. The van der Waals surface area contributed by atoms with Crippen molar-refractivity contribution < 1.29 is 0 Å². The van der Waals surface area contributed by atoms with Crippen molar-refractivity contribution in [2.75, 3.05) is 24.3 Å². The maximum absolute atomic E-state index is 6.31. The van der Waals surface area contributed by atoms with E-state index in [9.17, 15) is 0 Å². The molecule has 0 aliphatic rings. The van der Waals surface area contributed by atoms with Gasteiger partial charge in [-0.3, -0.25) is 4.68 Å². The summed E-state index contributed by atoms with van der Waals surface area (Å²) in [6.45, 7) is 5.50. The number of nitrogens with one attached hydrogen (secondary N) is 1. The topological polar surface area (TPSA) is 33.1 Å². The largest absolute Gasteiger partial charge is 0.379 e. The zero-order chi connectivity index (χ0) is 14.7. The maximum atomic E-state index is 6.31. The Hall–Kier alpha value is -1.68. The fourth-order valence-corrected chi connectivity index (χ4v) is 2.32. The van der Waals surface area contributed by atoms with E-state index < -0.39 is 0 Å². The molecule has 20 heavy (non-hydrogen) atoms. The average Bonchev–Trinajstić information content (AvgIpc) is 2.72. The minimum absolute atomic E-state index is 0.671. The van der Waals surface area contributed by atoms with E-state index in [4.69, 9.17) is 11.6 Å². The fraction of sp³-hybridized carbons (Fsp3) is 0.400. The lowest BCUT2D eigenvalue weighted by Crippen LogP contribution is -2.10. The van der Waals surface area contributed by atoms with Crippen LogP contribution in [0.1, 0.15) is 18.3 Å². The Labute approximate surface area is 125 Å². The third-order valence-corrected chi connectivity index (χ3v) is 3.77. The van der Waals surface area contributed by atoms with Crippen LogP contribution in [-0.2, 0) is 13.1 Å². The first kappa shape index (κ1) is 14.7. The summed E-state index contributed by atoms with van der Waals surface area (Å²) >= 11 is 6.31. The van der Waals surface area contributed by atoms with Gasteiger partial charge >= 0.3 is 0 Å². The number of halogens is 1. The van der Waals surface area contributed by atoms with Gasteiger partial charge in [-0.15, -0.1) is 0 Å². The van der Waals surface area contributed by atoms with Gasteiger partial charge < -0.3 is 10.2 Å². The fourth-order valence-electron chi connectivity index (χ4n) is 2.12. The second kappa shape index (κ2) is 6.18. The number of benzene rings is 1. The van der Waals surface area contributed by atoms with E-state index in [1.807, 2.05) is 31.8 Å². The smallest absolute Gasteiger partial charge is 0.0865 e. The third-order valence-electron chi connectivity index (χ3n) is 3.28. The Kier molecular flexibility index (Phi) is 4.55. The molecule has 5 heteroatoms. The van der Waals surface area contributed by atoms with E-state index in [2.05, 4.69) is 40.4 Å². The van der Waals surface area contributed by atoms with Crippen molar-refractivity contribution in [3.63, 3.8) is 0 Å². The monoisotopic (exact) mass is 292 g/mol. The third kappa shape index (κ3) is 3.07. The molecule has 1 N–H and O–H groups in total. The Morgan fingerprint density at radius 2 is 2.10 bits per heavy atom. The molecule has 0 spiro atoms. The lowest BCUT2D eigenvalue weighted by atomic mass is 10.2. The number of aromatic nitrogens is 2. The Bertz CT molecular complexity index is 590. The van der Waals surface area contributed by atoms with E-state index >= 15 is 0 Å². The number of hydrogen-bond donors (Lipinski definition) is 1. The highest BCUT2D eigenvalue weighted by molar-refractivity contribution is 6.31. The van der Waals surface area contributed by atoms with E-state index in [1.165, 1.54) is 5.69 Å². The van der Waals surface area contributed by atoms with Crippen LogP contribution in [0.3, 0.4) is 0 Å². The second-order valence-electron chi connectivity index (χ2n) is 4.96. The predicted octanol–water partition coefficient (Wildman–Crippen LogP) is 3.54. The van der Waals surface area contributed by atoms with Crippen molar-refractivity contribution in [3.05, 3.63) is 40.7 Å². The molecule has 0 atom stereocenters. The average molecular weight is 293 g/mol. The highest BCUT2D eigenvalue weighted by Crippen LogP contribution is 2.23. The molecule has 108 valence electrons. The summed E-state index contributed by atoms with van der Waals surface area (Å²) in [5.74, 6) is 0. The highest BCUT2D eigenvalue weighted by Gasteiger charge is 2.12. The molecular weight excluding hydrogens is 272 g/mol. The predicted molar refractivity (Wildman–Crippen MR) is 85.7 cm³/mol. The minimum Gasteiger partial charge on any atom is -0.379 e. The summed E-state index contributed by atoms with van der Waals surface area (Å²) in [7, 11) is 4.07. The molecule has 0 amide bonds. The lowest BCUT2D eigenvalue weighted by molar-refractivity contribution is 0.623. The summed E-state index contributed by atoms with van der Waals surface area (Å²) in [4.78, 5) is 2.08. The van der Waals surface area contributed by atoms with Crippen LogP contribution >= 0.6 is 11.6 Å². The van der Waals surface area contributed by atoms with Crippen LogP contribution in [0, 0.1) is 6.92 Å². The van der Waals surface area contributed by atoms with Crippen LogP contribution in [0.4, 0.5) is 11.4 Å². The summed E-state index contributed by atoms with van der Waals surface area (Å²) in [6, 6.07) is 8.30. The van der Waals surface area contributed by atoms with Crippen molar-refractivity contribution in [2.45, 2.75) is 26.9 Å². The van der Waals surface area contributed by atoms with Crippen LogP contribution in [0.25, 0.3) is 0 Å². The minimum atomic E-state index is 0.671. The molecule has 0 saturated heterocycles. The first-order chi connectivity index (χ1) is 9.52. The molecule has 0 unspecified atom stereocenters. The molecule has 4 nitrogen and oxygen atoms in total. The van der Waals surface area contributed by atoms with Gasteiger partial charge in [-0.1, -0.05) is 17.7 Å². The number of aryl methyl sites for hydroxylation is 2. The van der Waals surface area contributed by atoms with Crippen LogP contribution in [0.2, 0.25) is 5.02 Å². The number of nitrogens with zero attached hydrogens (tertiary/aromatic N) is 3. The highest BCUT2D eigenvalue weighted by atomic mass is 35.5. The Morgan fingerprint density at radius 1 is 1.35 bits per heavy atom. The van der Waals surface area contributed by atoms with Gasteiger partial charge in [-0.2, -0.15) is 5.10 Å². The molecule has 1 aromatic carbocycles. The maximum Gasteiger partial charge on any atom is 0.0865 e. The van der Waals surface area contributed by atoms with Gasteiger partial charge in [0.2, 0.25) is 0 Å². The normalized spacial score (nSPS) is 10.7. The summed E-state index contributed by atoms with van der Waals surface area (Å²) in [5.41, 5.74) is 4.16. The Morgan fingerprint density at radius 3 is 2.75 bits per heavy atom. The van der Waals surface area contributed by atoms with Crippen molar-refractivity contribution in [2.24, 2.45) is 0 Å². The molecule has 2 aromatic rings. The SMILES string of the molecule is CCn1nc(C)c(Cl)c1CNc1cccc(N(C)C)c1. The number of anilines is 2. The van der Waals surface area contributed by atoms with Crippen molar-refractivity contribution >= 4 is 23.0 Å². The molecule has 1 aromatic heterocycles. The van der Waals surface area contributed by atoms with Gasteiger partial charge in [0.05, 0.1) is 23.0 Å². The molecular formula is C15H21ClN4. The molecule has 0 aliphatic heterocycles. The van der Waals surface area contributed by atoms with Crippen LogP contribution < -0.4 is 10.2 Å². The molecule has 0 aliphatic carbocycles. The molecule has 1 heterocycles. The van der Waals surface area contributed by atoms with Gasteiger partial charge in [-0.25, -0.2) is 0 Å². The molecule has 0 radical (unpaired) electrons. The quantitative estimate of drug-likeness (QED) is 0.915. The molecule has 2 rings (SSSR count). The lowest BCUT2D eigenvalue weighted by Gasteiger charge is -2.14. The molecule has 0 saturated carbocycles. The van der Waals surface area contributed by atoms with E-state index in [1.54, 1.807) is 0 Å². The molecule has 0 fully saturated rings. The van der Waals surface area contributed by atoms with E-state index in [0.717, 1.165) is 28.6 Å². The summed E-state index contributed by atoms with van der Waals surface area (Å²) in [5, 5.41) is 8.59. The number of hydrogen-bond acceptors (Lipinski definition) is 3. The van der Waals surface area contributed by atoms with E-state index in [-0.39, 0.29) is 0 Å². The van der Waals surface area contributed by atoms with Crippen molar-refractivity contribution in [1.82, 2.24) is 9.78 Å². The van der Waals surface area contributed by atoms with Crippen LogP contribution in [0.15, 0.2) is 24.3 Å². The zero-order valence-corrected chi connectivity index (χ0v) is 13.2. The standard InChI is InChI=1S/C15H21ClN4/c1-5-20-14(15(16)11(2)18-20)10-17-12-7-6-8-13(9-12)19(3)4/h6-9,17H,5,10H2,1-4H3. The first-order valence-corrected chi connectivity index (χ1v) is 7.13. The first-order valence-electron chi connectivity index (χ1n) is 6.76. The van der Waals surface area contributed by atoms with Gasteiger partial charge in [-0.05, 0) is 32.0 Å². The van der Waals surface area contributed by atoms with Gasteiger partial charge in [0.25, 0.3) is 0 Å². The summed E-state index contributed by atoms with van der Waals surface area (Å²) < 4.78 is 1.94. The van der Waals surface area contributed by atoms with Crippen LogP contribution in [0.5, 0.6) is 0 Å².